The minimum absolute atomic E-state index is 0.375. The summed E-state index contributed by atoms with van der Waals surface area (Å²) in [5.41, 5.74) is 7.66. The molecule has 0 radical (unpaired) electrons. The Morgan fingerprint density at radius 2 is 2.17 bits per heavy atom. The Kier molecular flexibility index (Phi) is 3.91. The number of nitrogens with two attached hydrogens (primary N) is 1. The van der Waals surface area contributed by atoms with Crippen LogP contribution in [-0.4, -0.2) is 9.78 Å². The topological polar surface area (TPSA) is 55.9 Å². The third-order valence-electron chi connectivity index (χ3n) is 2.67. The summed E-state index contributed by atoms with van der Waals surface area (Å²) in [6.07, 6.45) is 1.97. The molecule has 0 aliphatic carbocycles. The molecule has 0 atom stereocenters. The summed E-state index contributed by atoms with van der Waals surface area (Å²) >= 11 is 3.51. The van der Waals surface area contributed by atoms with E-state index in [0.29, 0.717) is 12.6 Å². The first-order valence-corrected chi connectivity index (χ1v) is 6.68. The van der Waals surface area contributed by atoms with Crippen LogP contribution in [0.25, 0.3) is 0 Å². The standard InChI is InChI=1S/C13H17BrN4/c1-9(2)18-6-5-13(17-18)16-8-10-7-11(15)3-4-12(10)14/h3-7,9H,8,15H2,1-2H3,(H,16,17). The van der Waals surface area contributed by atoms with Crippen LogP contribution in [0.4, 0.5) is 11.5 Å². The lowest BCUT2D eigenvalue weighted by Crippen LogP contribution is -2.05. The molecular formula is C13H17BrN4. The Labute approximate surface area is 115 Å². The van der Waals surface area contributed by atoms with Gasteiger partial charge in [0.05, 0.1) is 0 Å². The lowest BCUT2D eigenvalue weighted by Gasteiger charge is -2.07. The van der Waals surface area contributed by atoms with Gasteiger partial charge in [0.1, 0.15) is 5.82 Å². The minimum Gasteiger partial charge on any atom is -0.399 e. The summed E-state index contributed by atoms with van der Waals surface area (Å²) < 4.78 is 2.98. The number of anilines is 2. The van der Waals surface area contributed by atoms with E-state index < -0.39 is 0 Å². The second kappa shape index (κ2) is 5.44. The van der Waals surface area contributed by atoms with Gasteiger partial charge in [-0.3, -0.25) is 4.68 Å². The van der Waals surface area contributed by atoms with E-state index in [1.165, 1.54) is 0 Å². The number of benzene rings is 1. The Balaban J connectivity index is 2.04. The molecule has 4 nitrogen and oxygen atoms in total. The van der Waals surface area contributed by atoms with E-state index in [2.05, 4.69) is 40.2 Å². The van der Waals surface area contributed by atoms with Gasteiger partial charge in [-0.2, -0.15) is 5.10 Å². The molecule has 1 aromatic heterocycles. The molecular weight excluding hydrogens is 292 g/mol. The second-order valence-corrected chi connectivity index (χ2v) is 5.33. The van der Waals surface area contributed by atoms with Gasteiger partial charge in [0, 0.05) is 35.0 Å². The molecule has 18 heavy (non-hydrogen) atoms. The molecule has 0 spiro atoms. The molecule has 5 heteroatoms. The number of halogens is 1. The van der Waals surface area contributed by atoms with Gasteiger partial charge in [0.25, 0.3) is 0 Å². The van der Waals surface area contributed by atoms with Crippen molar-refractivity contribution in [3.63, 3.8) is 0 Å². The van der Waals surface area contributed by atoms with Crippen LogP contribution in [0.3, 0.4) is 0 Å². The average Bonchev–Trinajstić information content (AvgIpc) is 2.79. The Morgan fingerprint density at radius 1 is 1.39 bits per heavy atom. The van der Waals surface area contributed by atoms with E-state index in [1.807, 2.05) is 35.1 Å². The van der Waals surface area contributed by atoms with E-state index in [0.717, 1.165) is 21.5 Å². The molecule has 0 fully saturated rings. The lowest BCUT2D eigenvalue weighted by atomic mass is 10.2. The summed E-state index contributed by atoms with van der Waals surface area (Å²) in [5, 5.41) is 7.72. The number of hydrogen-bond acceptors (Lipinski definition) is 3. The number of rotatable bonds is 4. The Bertz CT molecular complexity index is 534. The molecule has 3 N–H and O–H groups in total. The fourth-order valence-electron chi connectivity index (χ4n) is 1.64. The predicted octanol–water partition coefficient (Wildman–Crippen LogP) is 3.42. The van der Waals surface area contributed by atoms with Gasteiger partial charge in [-0.05, 0) is 37.6 Å². The Morgan fingerprint density at radius 3 is 2.83 bits per heavy atom. The van der Waals surface area contributed by atoms with Crippen molar-refractivity contribution in [3.8, 4) is 0 Å². The fourth-order valence-corrected chi connectivity index (χ4v) is 2.02. The van der Waals surface area contributed by atoms with E-state index in [-0.39, 0.29) is 0 Å². The van der Waals surface area contributed by atoms with Gasteiger partial charge >= 0.3 is 0 Å². The third kappa shape index (κ3) is 3.04. The van der Waals surface area contributed by atoms with Crippen LogP contribution < -0.4 is 11.1 Å². The lowest BCUT2D eigenvalue weighted by molar-refractivity contribution is 0.534. The highest BCUT2D eigenvalue weighted by atomic mass is 79.9. The van der Waals surface area contributed by atoms with E-state index in [1.54, 1.807) is 0 Å². The maximum Gasteiger partial charge on any atom is 0.148 e. The van der Waals surface area contributed by atoms with E-state index in [9.17, 15) is 0 Å². The number of hydrogen-bond donors (Lipinski definition) is 2. The van der Waals surface area contributed by atoms with Crippen LogP contribution in [-0.2, 0) is 6.54 Å². The first kappa shape index (κ1) is 13.0. The zero-order chi connectivity index (χ0) is 13.1. The van der Waals surface area contributed by atoms with Crippen LogP contribution in [0, 0.1) is 0 Å². The van der Waals surface area contributed by atoms with Crippen molar-refractivity contribution < 1.29 is 0 Å². The summed E-state index contributed by atoms with van der Waals surface area (Å²) in [6.45, 7) is 4.90. The summed E-state index contributed by atoms with van der Waals surface area (Å²) in [6, 6.07) is 8.14. The number of nitrogen functional groups attached to an aromatic ring is 1. The number of nitrogens with one attached hydrogen (secondary N) is 1. The molecule has 0 saturated heterocycles. The monoisotopic (exact) mass is 308 g/mol. The minimum atomic E-state index is 0.375. The molecule has 0 bridgehead atoms. The maximum atomic E-state index is 5.77. The van der Waals surface area contributed by atoms with Crippen molar-refractivity contribution in [2.75, 3.05) is 11.1 Å². The summed E-state index contributed by atoms with van der Waals surface area (Å²) in [5.74, 6) is 0.873. The largest absolute Gasteiger partial charge is 0.399 e. The van der Waals surface area contributed by atoms with Crippen LogP contribution >= 0.6 is 15.9 Å². The third-order valence-corrected chi connectivity index (χ3v) is 3.44. The molecule has 0 amide bonds. The normalized spacial score (nSPS) is 10.9. The molecule has 2 aromatic rings. The Hall–Kier alpha value is -1.49. The highest BCUT2D eigenvalue weighted by Crippen LogP contribution is 2.20. The van der Waals surface area contributed by atoms with Crippen molar-refractivity contribution in [1.29, 1.82) is 0 Å². The SMILES string of the molecule is CC(C)n1ccc(NCc2cc(N)ccc2Br)n1. The summed E-state index contributed by atoms with van der Waals surface area (Å²) in [7, 11) is 0. The molecule has 1 aromatic carbocycles. The highest BCUT2D eigenvalue weighted by Gasteiger charge is 2.04. The average molecular weight is 309 g/mol. The first-order valence-electron chi connectivity index (χ1n) is 5.89. The second-order valence-electron chi connectivity index (χ2n) is 4.48. The number of nitrogens with zero attached hydrogens (tertiary/aromatic N) is 2. The fraction of sp³-hybridized carbons (Fsp3) is 0.308. The van der Waals surface area contributed by atoms with Crippen molar-refractivity contribution in [1.82, 2.24) is 9.78 Å². The molecule has 0 aliphatic rings. The highest BCUT2D eigenvalue weighted by molar-refractivity contribution is 9.10. The van der Waals surface area contributed by atoms with Crippen molar-refractivity contribution >= 4 is 27.4 Å². The first-order chi connectivity index (χ1) is 8.56. The van der Waals surface area contributed by atoms with Crippen molar-refractivity contribution in [3.05, 3.63) is 40.5 Å². The van der Waals surface area contributed by atoms with Gasteiger partial charge in [-0.1, -0.05) is 15.9 Å². The van der Waals surface area contributed by atoms with Crippen LogP contribution in [0.5, 0.6) is 0 Å². The molecule has 0 unspecified atom stereocenters. The smallest absolute Gasteiger partial charge is 0.148 e. The van der Waals surface area contributed by atoms with E-state index >= 15 is 0 Å². The zero-order valence-electron chi connectivity index (χ0n) is 10.5. The van der Waals surface area contributed by atoms with Gasteiger partial charge in [0.2, 0.25) is 0 Å². The van der Waals surface area contributed by atoms with Crippen LogP contribution in [0.1, 0.15) is 25.5 Å². The van der Waals surface area contributed by atoms with Gasteiger partial charge in [0.15, 0.2) is 0 Å². The zero-order valence-corrected chi connectivity index (χ0v) is 12.1. The van der Waals surface area contributed by atoms with Gasteiger partial charge < -0.3 is 11.1 Å². The predicted molar refractivity (Wildman–Crippen MR) is 78.5 cm³/mol. The molecule has 0 saturated carbocycles. The maximum absolute atomic E-state index is 5.77. The van der Waals surface area contributed by atoms with Gasteiger partial charge in [-0.15, -0.1) is 0 Å². The molecule has 96 valence electrons. The summed E-state index contributed by atoms with van der Waals surface area (Å²) in [4.78, 5) is 0. The van der Waals surface area contributed by atoms with Gasteiger partial charge in [-0.25, -0.2) is 0 Å². The van der Waals surface area contributed by atoms with Crippen LogP contribution in [0.2, 0.25) is 0 Å². The molecule has 2 rings (SSSR count). The van der Waals surface area contributed by atoms with E-state index in [4.69, 9.17) is 5.73 Å². The quantitative estimate of drug-likeness (QED) is 0.851. The van der Waals surface area contributed by atoms with Crippen molar-refractivity contribution in [2.45, 2.75) is 26.4 Å². The number of aromatic nitrogens is 2. The van der Waals surface area contributed by atoms with Crippen molar-refractivity contribution in [2.24, 2.45) is 0 Å². The molecule has 1 heterocycles. The van der Waals surface area contributed by atoms with Crippen LogP contribution in [0.15, 0.2) is 34.9 Å². The molecule has 0 aliphatic heterocycles.